The molecule has 0 fully saturated rings. The van der Waals surface area contributed by atoms with Crippen molar-refractivity contribution in [1.29, 1.82) is 0 Å². The minimum absolute atomic E-state index is 0.785. The standard InChI is InChI=1S/C14H12N6S2/c15-13(17-9-5-1-2-6-10(9)18-13)21-22-14(16)19-11-7-3-4-8-12(11)20-14/h1-8H,15-16H2. The van der Waals surface area contributed by atoms with E-state index in [-0.39, 0.29) is 0 Å². The average Bonchev–Trinajstić information content (AvgIpc) is 3.01. The predicted octanol–water partition coefficient (Wildman–Crippen LogP) is -0.586. The van der Waals surface area contributed by atoms with Crippen LogP contribution in [0.2, 0.25) is 0 Å². The molecule has 6 nitrogen and oxygen atoms in total. The molecule has 0 saturated carbocycles. The summed E-state index contributed by atoms with van der Waals surface area (Å²) in [5, 5.41) is 0.946. The average molecular weight is 328 g/mol. The van der Waals surface area contributed by atoms with Crippen LogP contribution in [0.3, 0.4) is 0 Å². The van der Waals surface area contributed by atoms with E-state index in [0.717, 1.165) is 21.4 Å². The fourth-order valence-corrected chi connectivity index (χ4v) is 4.21. The highest BCUT2D eigenvalue weighted by Crippen LogP contribution is 2.42. The van der Waals surface area contributed by atoms with E-state index in [2.05, 4.69) is 20.0 Å². The predicted molar refractivity (Wildman–Crippen MR) is 86.5 cm³/mol. The van der Waals surface area contributed by atoms with Crippen molar-refractivity contribution < 1.29 is 0 Å². The molecule has 0 unspecified atom stereocenters. The van der Waals surface area contributed by atoms with E-state index in [4.69, 9.17) is 11.5 Å². The molecule has 110 valence electrons. The normalized spacial score (nSPS) is 19.2. The highest BCUT2D eigenvalue weighted by atomic mass is 33.1. The van der Waals surface area contributed by atoms with Gasteiger partial charge in [0.1, 0.15) is 0 Å². The molecular weight excluding hydrogens is 316 g/mol. The van der Waals surface area contributed by atoms with Gasteiger partial charge in [-0.2, -0.15) is 0 Å². The maximum atomic E-state index is 6.22. The Morgan fingerprint density at radius 1 is 0.591 bits per heavy atom. The molecule has 2 heterocycles. The zero-order chi connectivity index (χ0) is 15.2. The molecular formula is C14H12N6S2. The molecule has 8 heteroatoms. The first-order chi connectivity index (χ1) is 10.6. The zero-order valence-electron chi connectivity index (χ0n) is 11.4. The van der Waals surface area contributed by atoms with Crippen molar-refractivity contribution in [3.05, 3.63) is 70.0 Å². The molecule has 0 aromatic heterocycles. The van der Waals surface area contributed by atoms with Crippen LogP contribution < -0.4 is 32.9 Å². The van der Waals surface area contributed by atoms with Gasteiger partial charge in [0.25, 0.3) is 10.2 Å². The van der Waals surface area contributed by atoms with Crippen molar-refractivity contribution in [1.82, 2.24) is 0 Å². The van der Waals surface area contributed by atoms with Crippen molar-refractivity contribution in [3.63, 3.8) is 0 Å². The third-order valence-corrected chi connectivity index (χ3v) is 5.83. The Bertz CT molecular complexity index is 835. The van der Waals surface area contributed by atoms with Crippen LogP contribution in [0, 0.1) is 0 Å². The number of benzene rings is 2. The third kappa shape index (κ3) is 2.44. The number of nitrogens with two attached hydrogens (primary N) is 2. The lowest BCUT2D eigenvalue weighted by Crippen LogP contribution is -2.34. The fraction of sp³-hybridized carbons (Fsp3) is 0.143. The summed E-state index contributed by atoms with van der Waals surface area (Å²) in [7, 11) is 2.52. The van der Waals surface area contributed by atoms with Gasteiger partial charge in [-0.1, -0.05) is 24.3 Å². The van der Waals surface area contributed by atoms with Crippen LogP contribution in [0.5, 0.6) is 0 Å². The van der Waals surface area contributed by atoms with Gasteiger partial charge in [0.2, 0.25) is 0 Å². The van der Waals surface area contributed by atoms with Gasteiger partial charge in [-0.15, -0.1) is 0 Å². The molecule has 2 aliphatic rings. The van der Waals surface area contributed by atoms with Gasteiger partial charge in [0.05, 0.1) is 21.4 Å². The number of rotatable bonds is 3. The summed E-state index contributed by atoms with van der Waals surface area (Å²) in [5.41, 5.74) is 12.4. The van der Waals surface area contributed by atoms with Crippen LogP contribution in [-0.4, -0.2) is 10.2 Å². The number of hydrogen-bond donors (Lipinski definition) is 2. The molecule has 0 radical (unpaired) electrons. The Balaban J connectivity index is 1.60. The van der Waals surface area contributed by atoms with Crippen molar-refractivity contribution in [2.45, 2.75) is 10.2 Å². The van der Waals surface area contributed by atoms with Gasteiger partial charge in [-0.25, -0.2) is 20.0 Å². The van der Waals surface area contributed by atoms with Crippen molar-refractivity contribution in [2.75, 3.05) is 0 Å². The Morgan fingerprint density at radius 3 is 1.14 bits per heavy atom. The summed E-state index contributed by atoms with van der Waals surface area (Å²) < 4.78 is 0. The topological polar surface area (TPSA) is 101 Å². The molecule has 2 aliphatic heterocycles. The summed E-state index contributed by atoms with van der Waals surface area (Å²) in [5.74, 6) is 0. The maximum absolute atomic E-state index is 6.22. The quantitative estimate of drug-likeness (QED) is 0.581. The van der Waals surface area contributed by atoms with Crippen LogP contribution in [-0.2, 0) is 0 Å². The second-order valence-corrected chi connectivity index (χ2v) is 7.44. The largest absolute Gasteiger partial charge is 0.278 e. The molecule has 0 aliphatic carbocycles. The molecule has 0 spiro atoms. The molecule has 4 rings (SSSR count). The molecule has 4 N–H and O–H groups in total. The second-order valence-electron chi connectivity index (χ2n) is 4.91. The zero-order valence-corrected chi connectivity index (χ0v) is 13.0. The fourth-order valence-electron chi connectivity index (χ4n) is 2.24. The monoisotopic (exact) mass is 328 g/mol. The molecule has 0 bridgehead atoms. The van der Waals surface area contributed by atoms with E-state index < -0.39 is 10.2 Å². The lowest BCUT2D eigenvalue weighted by molar-refractivity contribution is 0.674. The Hall–Kier alpha value is -1.74. The molecule has 2 aromatic carbocycles. The van der Waals surface area contributed by atoms with E-state index >= 15 is 0 Å². The van der Waals surface area contributed by atoms with Gasteiger partial charge in [0.15, 0.2) is 0 Å². The van der Waals surface area contributed by atoms with E-state index in [1.807, 2.05) is 48.5 Å². The first kappa shape index (κ1) is 13.9. The summed E-state index contributed by atoms with van der Waals surface area (Å²) in [6.45, 7) is 0. The van der Waals surface area contributed by atoms with E-state index in [1.54, 1.807) is 0 Å². The Labute approximate surface area is 133 Å². The minimum Gasteiger partial charge on any atom is -0.278 e. The third-order valence-electron chi connectivity index (χ3n) is 3.17. The van der Waals surface area contributed by atoms with Gasteiger partial charge >= 0.3 is 0 Å². The number of hydrogen-bond acceptors (Lipinski definition) is 8. The number of nitrogens with zero attached hydrogens (tertiary/aromatic N) is 4. The number of fused-ring (bicyclic) bond motifs is 2. The smallest absolute Gasteiger partial charge is 0.263 e. The van der Waals surface area contributed by atoms with Crippen LogP contribution in [0.25, 0.3) is 0 Å². The Morgan fingerprint density at radius 2 is 0.864 bits per heavy atom. The lowest BCUT2D eigenvalue weighted by atomic mass is 10.3. The van der Waals surface area contributed by atoms with E-state index in [9.17, 15) is 0 Å². The van der Waals surface area contributed by atoms with Crippen LogP contribution in [0.15, 0.2) is 68.5 Å². The molecule has 0 saturated heterocycles. The molecule has 0 amide bonds. The van der Waals surface area contributed by atoms with Gasteiger partial charge in [0, 0.05) is 0 Å². The highest BCUT2D eigenvalue weighted by Gasteiger charge is 2.35. The van der Waals surface area contributed by atoms with Gasteiger partial charge in [-0.3, -0.25) is 11.5 Å². The highest BCUT2D eigenvalue weighted by molar-refractivity contribution is 8.77. The molecule has 22 heavy (non-hydrogen) atoms. The van der Waals surface area contributed by atoms with Crippen LogP contribution in [0.1, 0.15) is 0 Å². The summed E-state index contributed by atoms with van der Waals surface area (Å²) in [6, 6.07) is 15.2. The first-order valence-corrected chi connectivity index (χ1v) is 8.75. The molecule has 2 aromatic rings. The molecule has 0 atom stereocenters. The SMILES string of the molecule is NC1(SSC2(N)N=c3ccccc3=N2)N=c2ccccc2=N1. The van der Waals surface area contributed by atoms with Gasteiger partial charge < -0.3 is 0 Å². The first-order valence-electron chi connectivity index (χ1n) is 6.60. The van der Waals surface area contributed by atoms with Crippen molar-refractivity contribution in [3.8, 4) is 0 Å². The van der Waals surface area contributed by atoms with E-state index in [1.165, 1.54) is 21.6 Å². The van der Waals surface area contributed by atoms with Gasteiger partial charge in [-0.05, 0) is 45.9 Å². The summed E-state index contributed by atoms with van der Waals surface area (Å²) >= 11 is 0. The summed E-state index contributed by atoms with van der Waals surface area (Å²) in [4.78, 5) is 17.8. The van der Waals surface area contributed by atoms with Crippen molar-refractivity contribution in [2.24, 2.45) is 31.4 Å². The minimum atomic E-state index is -1.10. The lowest BCUT2D eigenvalue weighted by Gasteiger charge is -2.21. The number of para-hydroxylation sites is 4. The second kappa shape index (κ2) is 4.88. The van der Waals surface area contributed by atoms with Crippen LogP contribution in [0.4, 0.5) is 0 Å². The Kier molecular flexibility index (Phi) is 3.08. The summed E-state index contributed by atoms with van der Waals surface area (Å²) in [6.07, 6.45) is 0. The van der Waals surface area contributed by atoms with E-state index in [0.29, 0.717) is 0 Å². The van der Waals surface area contributed by atoms with Crippen LogP contribution >= 0.6 is 21.6 Å². The maximum Gasteiger partial charge on any atom is 0.263 e. The van der Waals surface area contributed by atoms with Crippen molar-refractivity contribution >= 4 is 21.6 Å².